The topological polar surface area (TPSA) is 47.9 Å². The van der Waals surface area contributed by atoms with Crippen LogP contribution < -0.4 is 4.74 Å². The summed E-state index contributed by atoms with van der Waals surface area (Å²) in [6.45, 7) is -1.40. The number of ether oxygens (including phenoxy) is 1. The highest BCUT2D eigenvalue weighted by atomic mass is 19.4. The molecule has 0 atom stereocenters. The van der Waals surface area contributed by atoms with Gasteiger partial charge in [-0.05, 0) is 6.07 Å². The molecule has 0 amide bonds. The number of pyridine rings is 1. The molecule has 0 aromatic carbocycles. The Labute approximate surface area is 88.1 Å². The third-order valence-electron chi connectivity index (χ3n) is 1.72. The Morgan fingerprint density at radius 2 is 2.06 bits per heavy atom. The number of rotatable bonds is 2. The normalized spacial score (nSPS) is 11.7. The highest BCUT2D eigenvalue weighted by Gasteiger charge is 2.28. The maximum Gasteiger partial charge on any atom is 0.422 e. The van der Waals surface area contributed by atoms with Crippen LogP contribution in [0.25, 0.3) is 10.9 Å². The van der Waals surface area contributed by atoms with E-state index in [0.29, 0.717) is 10.9 Å². The highest BCUT2D eigenvalue weighted by Crippen LogP contribution is 2.17. The summed E-state index contributed by atoms with van der Waals surface area (Å²) in [7, 11) is 0. The lowest BCUT2D eigenvalue weighted by Gasteiger charge is -2.07. The van der Waals surface area contributed by atoms with E-state index in [1.165, 1.54) is 18.6 Å². The lowest BCUT2D eigenvalue weighted by atomic mass is 10.3. The van der Waals surface area contributed by atoms with Gasteiger partial charge in [-0.15, -0.1) is 0 Å². The summed E-state index contributed by atoms with van der Waals surface area (Å²) in [6.07, 6.45) is -0.0245. The molecule has 0 saturated carbocycles. The molecule has 0 N–H and O–H groups in total. The van der Waals surface area contributed by atoms with E-state index in [4.69, 9.17) is 0 Å². The van der Waals surface area contributed by atoms with Gasteiger partial charge in [0.15, 0.2) is 6.61 Å². The molecule has 0 bridgehead atoms. The Balaban J connectivity index is 2.20. The quantitative estimate of drug-likeness (QED) is 0.789. The fourth-order valence-electron chi connectivity index (χ4n) is 1.07. The van der Waals surface area contributed by atoms with E-state index in [9.17, 15) is 13.2 Å². The first kappa shape index (κ1) is 10.6. The van der Waals surface area contributed by atoms with E-state index >= 15 is 0 Å². The molecule has 2 rings (SSSR count). The smallest absolute Gasteiger partial charge is 0.422 e. The molecule has 4 nitrogen and oxygen atoms in total. The highest BCUT2D eigenvalue weighted by molar-refractivity contribution is 5.76. The summed E-state index contributed by atoms with van der Waals surface area (Å²) in [5, 5.41) is 0.641. The molecule has 0 aliphatic rings. The van der Waals surface area contributed by atoms with Crippen LogP contribution in [0, 0.1) is 0 Å². The van der Waals surface area contributed by atoms with E-state index in [0.717, 1.165) is 0 Å². The lowest BCUT2D eigenvalue weighted by molar-refractivity contribution is -0.154. The van der Waals surface area contributed by atoms with Crippen LogP contribution in [0.2, 0.25) is 0 Å². The largest absolute Gasteiger partial charge is 0.454 e. The first-order chi connectivity index (χ1) is 7.54. The molecular weight excluding hydrogens is 223 g/mol. The van der Waals surface area contributed by atoms with Gasteiger partial charge in [-0.25, -0.2) is 4.98 Å². The predicted molar refractivity (Wildman–Crippen MR) is 48.9 cm³/mol. The van der Waals surface area contributed by atoms with Crippen molar-refractivity contribution in [1.82, 2.24) is 15.0 Å². The molecule has 84 valence electrons. The summed E-state index contributed by atoms with van der Waals surface area (Å²) in [6, 6.07) is 1.27. The fourth-order valence-corrected chi connectivity index (χ4v) is 1.07. The van der Waals surface area contributed by atoms with Crippen LogP contribution in [-0.2, 0) is 0 Å². The molecule has 2 heterocycles. The van der Waals surface area contributed by atoms with Crippen molar-refractivity contribution in [2.75, 3.05) is 6.61 Å². The van der Waals surface area contributed by atoms with Gasteiger partial charge in [-0.3, -0.25) is 4.98 Å². The Bertz CT molecular complexity index is 501. The van der Waals surface area contributed by atoms with Crippen LogP contribution in [-0.4, -0.2) is 27.7 Å². The molecule has 16 heavy (non-hydrogen) atoms. The van der Waals surface area contributed by atoms with Crippen LogP contribution in [0.3, 0.4) is 0 Å². The Kier molecular flexibility index (Phi) is 2.59. The van der Waals surface area contributed by atoms with Gasteiger partial charge in [0.1, 0.15) is 0 Å². The maximum atomic E-state index is 11.9. The van der Waals surface area contributed by atoms with Crippen LogP contribution in [0.4, 0.5) is 13.2 Å². The maximum absolute atomic E-state index is 11.9. The third kappa shape index (κ3) is 2.56. The number of alkyl halides is 3. The second-order valence-corrected chi connectivity index (χ2v) is 2.99. The number of hydrogen-bond donors (Lipinski definition) is 0. The lowest BCUT2D eigenvalue weighted by Crippen LogP contribution is -2.20. The average Bonchev–Trinajstić information content (AvgIpc) is 2.25. The molecular formula is C9H6F3N3O. The number of aromatic nitrogens is 3. The summed E-state index contributed by atoms with van der Waals surface area (Å²) < 4.78 is 40.0. The van der Waals surface area contributed by atoms with Crippen molar-refractivity contribution in [1.29, 1.82) is 0 Å². The van der Waals surface area contributed by atoms with Gasteiger partial charge in [-0.1, -0.05) is 0 Å². The molecule has 7 heteroatoms. The van der Waals surface area contributed by atoms with Gasteiger partial charge >= 0.3 is 12.2 Å². The minimum atomic E-state index is -4.39. The number of fused-ring (bicyclic) bond motifs is 1. The average molecular weight is 229 g/mol. The summed E-state index contributed by atoms with van der Waals surface area (Å²) in [4.78, 5) is 11.3. The zero-order chi connectivity index (χ0) is 11.6. The molecule has 0 radical (unpaired) electrons. The summed E-state index contributed by atoms with van der Waals surface area (Å²) in [5.74, 6) is 0. The number of halogens is 3. The molecule has 2 aromatic heterocycles. The first-order valence-corrected chi connectivity index (χ1v) is 4.31. The second-order valence-electron chi connectivity index (χ2n) is 2.99. The van der Waals surface area contributed by atoms with Gasteiger partial charge in [0, 0.05) is 24.0 Å². The molecule has 0 unspecified atom stereocenters. The van der Waals surface area contributed by atoms with Crippen molar-refractivity contribution in [2.24, 2.45) is 0 Å². The fraction of sp³-hybridized carbons (Fsp3) is 0.222. The Hall–Kier alpha value is -1.92. The van der Waals surface area contributed by atoms with Crippen molar-refractivity contribution < 1.29 is 17.9 Å². The van der Waals surface area contributed by atoms with Crippen LogP contribution in [0.5, 0.6) is 6.01 Å². The van der Waals surface area contributed by atoms with Crippen molar-refractivity contribution in [2.45, 2.75) is 6.18 Å². The zero-order valence-electron chi connectivity index (χ0n) is 7.90. The van der Waals surface area contributed by atoms with E-state index in [-0.39, 0.29) is 6.01 Å². The number of nitrogens with zero attached hydrogens (tertiary/aromatic N) is 3. The van der Waals surface area contributed by atoms with E-state index in [2.05, 4.69) is 19.7 Å². The first-order valence-electron chi connectivity index (χ1n) is 4.31. The summed E-state index contributed by atoms with van der Waals surface area (Å²) >= 11 is 0. The molecule has 2 aromatic rings. The van der Waals surface area contributed by atoms with Gasteiger partial charge < -0.3 is 4.74 Å². The minimum Gasteiger partial charge on any atom is -0.454 e. The third-order valence-corrected chi connectivity index (χ3v) is 1.72. The second kappa shape index (κ2) is 3.92. The van der Waals surface area contributed by atoms with Gasteiger partial charge in [0.2, 0.25) is 0 Å². The van der Waals surface area contributed by atoms with E-state index in [1.54, 1.807) is 6.07 Å². The van der Waals surface area contributed by atoms with Gasteiger partial charge in [0.25, 0.3) is 0 Å². The molecule has 0 aliphatic heterocycles. The zero-order valence-corrected chi connectivity index (χ0v) is 7.90. The van der Waals surface area contributed by atoms with Crippen molar-refractivity contribution in [3.8, 4) is 6.01 Å². The van der Waals surface area contributed by atoms with E-state index in [1.807, 2.05) is 0 Å². The van der Waals surface area contributed by atoms with Crippen molar-refractivity contribution in [3.05, 3.63) is 24.7 Å². The van der Waals surface area contributed by atoms with Gasteiger partial charge in [-0.2, -0.15) is 18.2 Å². The van der Waals surface area contributed by atoms with Crippen LogP contribution in [0.1, 0.15) is 0 Å². The van der Waals surface area contributed by atoms with Crippen LogP contribution >= 0.6 is 0 Å². The molecule has 0 aliphatic carbocycles. The van der Waals surface area contributed by atoms with Crippen molar-refractivity contribution in [3.63, 3.8) is 0 Å². The predicted octanol–water partition coefficient (Wildman–Crippen LogP) is 1.97. The molecule has 0 saturated heterocycles. The monoisotopic (exact) mass is 229 g/mol. The molecule has 0 fully saturated rings. The SMILES string of the molecule is FC(F)(F)COc1ncc2cnccc2n1. The minimum absolute atomic E-state index is 0.295. The summed E-state index contributed by atoms with van der Waals surface area (Å²) in [5.41, 5.74) is 0.488. The molecule has 0 spiro atoms. The number of hydrogen-bond acceptors (Lipinski definition) is 4. The van der Waals surface area contributed by atoms with Crippen molar-refractivity contribution >= 4 is 10.9 Å². The Morgan fingerprint density at radius 3 is 2.81 bits per heavy atom. The van der Waals surface area contributed by atoms with Crippen LogP contribution in [0.15, 0.2) is 24.7 Å². The Morgan fingerprint density at radius 1 is 1.25 bits per heavy atom. The van der Waals surface area contributed by atoms with Gasteiger partial charge in [0.05, 0.1) is 5.52 Å². The van der Waals surface area contributed by atoms with E-state index < -0.39 is 12.8 Å². The standard InChI is InChI=1S/C9H6F3N3O/c10-9(11,12)5-16-8-14-4-6-3-13-2-1-7(6)15-8/h1-4H,5H2.